The molecule has 4 rings (SSSR count). The molecule has 0 aliphatic carbocycles. The summed E-state index contributed by atoms with van der Waals surface area (Å²) in [7, 11) is 1.65. The lowest BCUT2D eigenvalue weighted by molar-refractivity contribution is -0.145. The van der Waals surface area contributed by atoms with Crippen molar-refractivity contribution in [1.82, 2.24) is 10.1 Å². The summed E-state index contributed by atoms with van der Waals surface area (Å²) in [4.78, 5) is 17.3. The maximum atomic E-state index is 12.0. The fourth-order valence-electron chi connectivity index (χ4n) is 2.80. The normalized spacial score (nSPS) is 10.9. The van der Waals surface area contributed by atoms with E-state index < -0.39 is 0 Å². The van der Waals surface area contributed by atoms with Crippen molar-refractivity contribution < 1.29 is 18.8 Å². The Morgan fingerprint density at radius 1 is 1.14 bits per heavy atom. The minimum absolute atomic E-state index is 0.191. The van der Waals surface area contributed by atoms with E-state index in [0.29, 0.717) is 18.1 Å². The third-order valence-electron chi connectivity index (χ3n) is 4.26. The molecule has 0 aliphatic rings. The van der Waals surface area contributed by atoms with Crippen LogP contribution in [0, 0.1) is 0 Å². The number of fused-ring (bicyclic) bond motifs is 1. The van der Waals surface area contributed by atoms with Crippen LogP contribution < -0.4 is 4.74 Å². The van der Waals surface area contributed by atoms with Crippen molar-refractivity contribution in [3.8, 4) is 16.5 Å². The largest absolute Gasteiger partial charge is 0.497 e. The Kier molecular flexibility index (Phi) is 5.34. The fraction of sp³-hybridized carbons (Fsp3) is 0.190. The Bertz CT molecular complexity index is 1090. The molecule has 4 aromatic rings. The van der Waals surface area contributed by atoms with Crippen LogP contribution in [0.1, 0.15) is 17.9 Å². The topological polar surface area (TPSA) is 74.5 Å². The van der Waals surface area contributed by atoms with Crippen LogP contribution in [-0.2, 0) is 22.6 Å². The predicted octanol–water partition coefficient (Wildman–Crippen LogP) is 4.64. The zero-order chi connectivity index (χ0) is 19.3. The molecule has 0 N–H and O–H groups in total. The van der Waals surface area contributed by atoms with Crippen molar-refractivity contribution in [1.29, 1.82) is 0 Å². The molecule has 7 heteroatoms. The van der Waals surface area contributed by atoms with Crippen molar-refractivity contribution >= 4 is 28.1 Å². The molecule has 2 heterocycles. The molecule has 0 bridgehead atoms. The lowest BCUT2D eigenvalue weighted by atomic mass is 10.1. The maximum Gasteiger partial charge on any atom is 0.306 e. The zero-order valence-electron chi connectivity index (χ0n) is 15.3. The average Bonchev–Trinajstić information content (AvgIpc) is 3.41. The summed E-state index contributed by atoms with van der Waals surface area (Å²) >= 11 is 1.54. The van der Waals surface area contributed by atoms with E-state index in [1.165, 1.54) is 11.3 Å². The minimum Gasteiger partial charge on any atom is -0.497 e. The molecular formula is C21H18N2O4S. The summed E-state index contributed by atoms with van der Waals surface area (Å²) in [5.74, 6) is 1.49. The standard InChI is InChI=1S/C21H18N2O4S/c1-25-17-7-6-15-11-14(4-5-16(15)12-17)13-26-20(24)9-8-19-22-21(23-27-19)18-3-2-10-28-18/h2-7,10-12H,8-9,13H2,1H3. The van der Waals surface area contributed by atoms with Crippen LogP contribution in [-0.4, -0.2) is 23.2 Å². The molecule has 0 unspecified atom stereocenters. The van der Waals surface area contributed by atoms with Crippen LogP contribution in [0.2, 0.25) is 0 Å². The van der Waals surface area contributed by atoms with E-state index in [0.717, 1.165) is 27.0 Å². The summed E-state index contributed by atoms with van der Waals surface area (Å²) in [6.45, 7) is 0.227. The number of rotatable bonds is 7. The molecule has 142 valence electrons. The van der Waals surface area contributed by atoms with Gasteiger partial charge in [0.2, 0.25) is 11.7 Å². The molecule has 0 saturated carbocycles. The van der Waals surface area contributed by atoms with Crippen molar-refractivity contribution in [2.24, 2.45) is 0 Å². The zero-order valence-corrected chi connectivity index (χ0v) is 16.1. The molecule has 2 aromatic carbocycles. The monoisotopic (exact) mass is 394 g/mol. The molecule has 6 nitrogen and oxygen atoms in total. The van der Waals surface area contributed by atoms with Gasteiger partial charge in [-0.2, -0.15) is 4.98 Å². The van der Waals surface area contributed by atoms with Crippen molar-refractivity contribution in [2.75, 3.05) is 7.11 Å². The average molecular weight is 394 g/mol. The van der Waals surface area contributed by atoms with Gasteiger partial charge in [0.25, 0.3) is 0 Å². The summed E-state index contributed by atoms with van der Waals surface area (Å²) in [6.07, 6.45) is 0.547. The van der Waals surface area contributed by atoms with Gasteiger partial charge in [-0.25, -0.2) is 0 Å². The Balaban J connectivity index is 1.30. The van der Waals surface area contributed by atoms with Gasteiger partial charge in [0.05, 0.1) is 18.4 Å². The van der Waals surface area contributed by atoms with Crippen LogP contribution in [0.4, 0.5) is 0 Å². The predicted molar refractivity (Wildman–Crippen MR) is 106 cm³/mol. The highest BCUT2D eigenvalue weighted by Crippen LogP contribution is 2.23. The second-order valence-electron chi connectivity index (χ2n) is 6.20. The molecule has 0 radical (unpaired) electrons. The van der Waals surface area contributed by atoms with Crippen LogP contribution in [0.3, 0.4) is 0 Å². The van der Waals surface area contributed by atoms with Crippen LogP contribution >= 0.6 is 11.3 Å². The number of carbonyl (C=O) groups is 1. The van der Waals surface area contributed by atoms with E-state index in [2.05, 4.69) is 10.1 Å². The number of hydrogen-bond donors (Lipinski definition) is 0. The highest BCUT2D eigenvalue weighted by Gasteiger charge is 2.12. The minimum atomic E-state index is -0.300. The van der Waals surface area contributed by atoms with Crippen LogP contribution in [0.5, 0.6) is 5.75 Å². The first-order valence-corrected chi connectivity index (χ1v) is 9.68. The summed E-state index contributed by atoms with van der Waals surface area (Å²) in [5, 5.41) is 8.03. The van der Waals surface area contributed by atoms with Crippen molar-refractivity contribution in [3.63, 3.8) is 0 Å². The molecule has 2 aromatic heterocycles. The molecule has 0 saturated heterocycles. The number of nitrogens with zero attached hydrogens (tertiary/aromatic N) is 2. The van der Waals surface area contributed by atoms with E-state index >= 15 is 0 Å². The molecular weight excluding hydrogens is 376 g/mol. The van der Waals surface area contributed by atoms with Crippen LogP contribution in [0.15, 0.2) is 58.4 Å². The molecule has 0 spiro atoms. The van der Waals surface area contributed by atoms with E-state index in [1.54, 1.807) is 7.11 Å². The number of methoxy groups -OCH3 is 1. The second-order valence-corrected chi connectivity index (χ2v) is 7.14. The number of carbonyl (C=O) groups excluding carboxylic acids is 1. The number of thiophene rings is 1. The molecule has 0 atom stereocenters. The van der Waals surface area contributed by atoms with Gasteiger partial charge in [-0.15, -0.1) is 11.3 Å². The number of benzene rings is 2. The number of hydrogen-bond acceptors (Lipinski definition) is 7. The van der Waals surface area contributed by atoms with Gasteiger partial charge in [-0.05, 0) is 46.0 Å². The fourth-order valence-corrected chi connectivity index (χ4v) is 3.45. The van der Waals surface area contributed by atoms with Gasteiger partial charge in [0.1, 0.15) is 12.4 Å². The maximum absolute atomic E-state index is 12.0. The van der Waals surface area contributed by atoms with Gasteiger partial charge in [-0.3, -0.25) is 4.79 Å². The highest BCUT2D eigenvalue weighted by atomic mass is 32.1. The first kappa shape index (κ1) is 18.2. The Hall–Kier alpha value is -3.19. The van der Waals surface area contributed by atoms with Crippen LogP contribution in [0.25, 0.3) is 21.5 Å². The van der Waals surface area contributed by atoms with Gasteiger partial charge in [0.15, 0.2) is 0 Å². The first-order chi connectivity index (χ1) is 13.7. The van der Waals surface area contributed by atoms with E-state index in [-0.39, 0.29) is 19.0 Å². The Labute approximate surface area is 165 Å². The Morgan fingerprint density at radius 2 is 2.00 bits per heavy atom. The Morgan fingerprint density at radius 3 is 2.82 bits per heavy atom. The quantitative estimate of drug-likeness (QED) is 0.425. The molecule has 0 amide bonds. The van der Waals surface area contributed by atoms with Crippen molar-refractivity contribution in [3.05, 3.63) is 65.4 Å². The third kappa shape index (κ3) is 4.20. The second kappa shape index (κ2) is 8.22. The van der Waals surface area contributed by atoms with Crippen molar-refractivity contribution in [2.45, 2.75) is 19.4 Å². The smallest absolute Gasteiger partial charge is 0.306 e. The first-order valence-electron chi connectivity index (χ1n) is 8.80. The van der Waals surface area contributed by atoms with Gasteiger partial charge in [0, 0.05) is 6.42 Å². The van der Waals surface area contributed by atoms with Gasteiger partial charge >= 0.3 is 5.97 Å². The summed E-state index contributed by atoms with van der Waals surface area (Å²) in [6, 6.07) is 15.7. The molecule has 28 heavy (non-hydrogen) atoms. The van der Waals surface area contributed by atoms with E-state index in [1.807, 2.05) is 53.9 Å². The number of esters is 1. The highest BCUT2D eigenvalue weighted by molar-refractivity contribution is 7.13. The summed E-state index contributed by atoms with van der Waals surface area (Å²) in [5.41, 5.74) is 0.934. The number of aromatic nitrogens is 2. The van der Waals surface area contributed by atoms with Gasteiger partial charge in [-0.1, -0.05) is 29.4 Å². The lowest BCUT2D eigenvalue weighted by Gasteiger charge is -2.07. The number of ether oxygens (including phenoxy) is 2. The van der Waals surface area contributed by atoms with E-state index in [4.69, 9.17) is 14.0 Å². The third-order valence-corrected chi connectivity index (χ3v) is 5.13. The molecule has 0 aliphatic heterocycles. The van der Waals surface area contributed by atoms with E-state index in [9.17, 15) is 4.79 Å². The summed E-state index contributed by atoms with van der Waals surface area (Å²) < 4.78 is 15.8. The lowest BCUT2D eigenvalue weighted by Crippen LogP contribution is -2.06. The number of aryl methyl sites for hydroxylation is 1. The van der Waals surface area contributed by atoms with Gasteiger partial charge < -0.3 is 14.0 Å². The molecule has 0 fully saturated rings. The SMILES string of the molecule is COc1ccc2cc(COC(=O)CCc3nc(-c4cccs4)no3)ccc2c1.